The molecule has 0 radical (unpaired) electrons. The lowest BCUT2D eigenvalue weighted by Crippen LogP contribution is -2.32. The van der Waals surface area contributed by atoms with Crippen LogP contribution in [-0.2, 0) is 0 Å². The maximum absolute atomic E-state index is 11.8. The molecule has 0 aliphatic carbocycles. The first-order chi connectivity index (χ1) is 11.7. The van der Waals surface area contributed by atoms with E-state index in [1.165, 1.54) is 0 Å². The largest absolute Gasteiger partial charge is 0.489 e. The van der Waals surface area contributed by atoms with E-state index in [0.717, 1.165) is 21.1 Å². The second kappa shape index (κ2) is 7.79. The zero-order valence-electron chi connectivity index (χ0n) is 12.8. The van der Waals surface area contributed by atoms with Gasteiger partial charge in [0.05, 0.1) is 6.54 Å². The van der Waals surface area contributed by atoms with Crippen LogP contribution in [0.5, 0.6) is 5.75 Å². The summed E-state index contributed by atoms with van der Waals surface area (Å²) in [5, 5.41) is 6.54. The number of pyridine rings is 1. The number of benzene rings is 2. The number of carbonyl (C=O) groups excluding carboxylic acids is 1. The van der Waals surface area contributed by atoms with Crippen LogP contribution >= 0.6 is 15.9 Å². The van der Waals surface area contributed by atoms with Gasteiger partial charge in [0, 0.05) is 21.7 Å². The van der Waals surface area contributed by atoms with Crippen molar-refractivity contribution < 1.29 is 9.53 Å². The maximum atomic E-state index is 11.8. The Morgan fingerprint density at radius 2 is 1.96 bits per heavy atom. The van der Waals surface area contributed by atoms with Gasteiger partial charge in [-0.25, -0.2) is 4.79 Å². The minimum absolute atomic E-state index is 0.271. The summed E-state index contributed by atoms with van der Waals surface area (Å²) in [5.41, 5.74) is 1.54. The Balaban J connectivity index is 1.49. The Hall–Kier alpha value is -2.60. The van der Waals surface area contributed by atoms with Gasteiger partial charge in [-0.05, 0) is 30.3 Å². The average Bonchev–Trinajstić information content (AvgIpc) is 2.59. The highest BCUT2D eigenvalue weighted by Crippen LogP contribution is 2.22. The van der Waals surface area contributed by atoms with Crippen LogP contribution < -0.4 is 15.4 Å². The molecule has 0 saturated heterocycles. The number of carbonyl (C=O) groups is 1. The maximum Gasteiger partial charge on any atom is 0.319 e. The molecule has 122 valence electrons. The molecule has 0 fully saturated rings. The quantitative estimate of drug-likeness (QED) is 0.646. The standard InChI is InChI=1S/C18H16BrN3O2/c19-14-6-2-7-15(12-14)22-18(23)21-10-11-24-16-8-1-4-13-5-3-9-20-17(13)16/h1-9,12H,10-11H2,(H2,21,22,23). The number of para-hydroxylation sites is 1. The SMILES string of the molecule is O=C(NCCOc1cccc2cccnc12)Nc1cccc(Br)c1. The molecule has 5 nitrogen and oxygen atoms in total. The average molecular weight is 386 g/mol. The van der Waals surface area contributed by atoms with Crippen molar-refractivity contribution in [1.29, 1.82) is 0 Å². The predicted octanol–water partition coefficient (Wildman–Crippen LogP) is 4.20. The van der Waals surface area contributed by atoms with Gasteiger partial charge in [0.25, 0.3) is 0 Å². The van der Waals surface area contributed by atoms with Crippen LogP contribution in [0.2, 0.25) is 0 Å². The lowest BCUT2D eigenvalue weighted by molar-refractivity contribution is 0.247. The molecule has 3 rings (SSSR count). The molecule has 0 bridgehead atoms. The Labute approximate surface area is 148 Å². The fourth-order valence-electron chi connectivity index (χ4n) is 2.26. The first kappa shape index (κ1) is 16.3. The smallest absolute Gasteiger partial charge is 0.319 e. The molecule has 1 heterocycles. The fraction of sp³-hybridized carbons (Fsp3) is 0.111. The summed E-state index contributed by atoms with van der Waals surface area (Å²) >= 11 is 3.36. The van der Waals surface area contributed by atoms with Crippen molar-refractivity contribution >= 4 is 38.6 Å². The zero-order valence-corrected chi connectivity index (χ0v) is 14.4. The molecule has 2 amide bonds. The predicted molar refractivity (Wildman–Crippen MR) is 98.4 cm³/mol. The van der Waals surface area contributed by atoms with Crippen molar-refractivity contribution in [2.24, 2.45) is 0 Å². The van der Waals surface area contributed by atoms with Crippen molar-refractivity contribution in [1.82, 2.24) is 10.3 Å². The molecule has 1 aromatic heterocycles. The summed E-state index contributed by atoms with van der Waals surface area (Å²) in [6.07, 6.45) is 1.74. The van der Waals surface area contributed by atoms with Crippen molar-refractivity contribution in [3.8, 4) is 5.75 Å². The van der Waals surface area contributed by atoms with Gasteiger partial charge in [-0.15, -0.1) is 0 Å². The van der Waals surface area contributed by atoms with Crippen LogP contribution in [-0.4, -0.2) is 24.2 Å². The number of rotatable bonds is 5. The van der Waals surface area contributed by atoms with E-state index in [1.807, 2.05) is 54.6 Å². The molecule has 0 aliphatic heterocycles. The van der Waals surface area contributed by atoms with E-state index in [1.54, 1.807) is 6.20 Å². The van der Waals surface area contributed by atoms with Crippen LogP contribution in [0.1, 0.15) is 0 Å². The van der Waals surface area contributed by atoms with Crippen molar-refractivity contribution in [2.75, 3.05) is 18.5 Å². The van der Waals surface area contributed by atoms with Crippen molar-refractivity contribution in [3.05, 3.63) is 65.3 Å². The van der Waals surface area contributed by atoms with Crippen LogP contribution in [0.3, 0.4) is 0 Å². The van der Waals surface area contributed by atoms with Gasteiger partial charge in [-0.3, -0.25) is 4.98 Å². The number of fused-ring (bicyclic) bond motifs is 1. The normalized spacial score (nSPS) is 10.4. The molecule has 2 aromatic carbocycles. The number of nitrogens with zero attached hydrogens (tertiary/aromatic N) is 1. The molecule has 6 heteroatoms. The molecule has 2 N–H and O–H groups in total. The van der Waals surface area contributed by atoms with Gasteiger partial charge >= 0.3 is 6.03 Å². The topological polar surface area (TPSA) is 63.2 Å². The van der Waals surface area contributed by atoms with Gasteiger partial charge in [0.2, 0.25) is 0 Å². The highest BCUT2D eigenvalue weighted by atomic mass is 79.9. The molecular formula is C18H16BrN3O2. The lowest BCUT2D eigenvalue weighted by atomic mass is 10.2. The lowest BCUT2D eigenvalue weighted by Gasteiger charge is -2.10. The number of hydrogen-bond donors (Lipinski definition) is 2. The summed E-state index contributed by atoms with van der Waals surface area (Å²) in [6.45, 7) is 0.755. The van der Waals surface area contributed by atoms with Crippen molar-refractivity contribution in [3.63, 3.8) is 0 Å². The summed E-state index contributed by atoms with van der Waals surface area (Å²) in [4.78, 5) is 16.2. The summed E-state index contributed by atoms with van der Waals surface area (Å²) < 4.78 is 6.64. The van der Waals surface area contributed by atoms with E-state index in [4.69, 9.17) is 4.74 Å². The second-order valence-electron chi connectivity index (χ2n) is 5.07. The zero-order chi connectivity index (χ0) is 16.8. The first-order valence-corrected chi connectivity index (χ1v) is 8.28. The third-order valence-corrected chi connectivity index (χ3v) is 3.82. The Kier molecular flexibility index (Phi) is 5.28. The minimum Gasteiger partial charge on any atom is -0.489 e. The molecule has 0 aliphatic rings. The highest BCUT2D eigenvalue weighted by Gasteiger charge is 2.04. The number of aromatic nitrogens is 1. The number of urea groups is 1. The Morgan fingerprint density at radius 1 is 1.12 bits per heavy atom. The molecule has 3 aromatic rings. The summed E-state index contributed by atoms with van der Waals surface area (Å²) in [7, 11) is 0. The van der Waals surface area contributed by atoms with Gasteiger partial charge in [0.1, 0.15) is 17.9 Å². The molecule has 0 spiro atoms. The number of amides is 2. The van der Waals surface area contributed by atoms with Gasteiger partial charge in [0.15, 0.2) is 0 Å². The minimum atomic E-state index is -0.271. The molecule has 24 heavy (non-hydrogen) atoms. The van der Waals surface area contributed by atoms with E-state index >= 15 is 0 Å². The fourth-order valence-corrected chi connectivity index (χ4v) is 2.66. The van der Waals surface area contributed by atoms with E-state index in [2.05, 4.69) is 31.5 Å². The first-order valence-electron chi connectivity index (χ1n) is 7.49. The number of nitrogens with one attached hydrogen (secondary N) is 2. The second-order valence-corrected chi connectivity index (χ2v) is 5.99. The number of halogens is 1. The molecular weight excluding hydrogens is 370 g/mol. The third kappa shape index (κ3) is 4.23. The summed E-state index contributed by atoms with van der Waals surface area (Å²) in [5.74, 6) is 0.710. The molecule has 0 saturated carbocycles. The van der Waals surface area contributed by atoms with Crippen LogP contribution in [0.25, 0.3) is 10.9 Å². The van der Waals surface area contributed by atoms with E-state index < -0.39 is 0 Å². The third-order valence-electron chi connectivity index (χ3n) is 3.32. The van der Waals surface area contributed by atoms with Gasteiger partial charge < -0.3 is 15.4 Å². The van der Waals surface area contributed by atoms with Crippen LogP contribution in [0.15, 0.2) is 65.3 Å². The van der Waals surface area contributed by atoms with Crippen LogP contribution in [0, 0.1) is 0 Å². The van der Waals surface area contributed by atoms with Gasteiger partial charge in [-0.2, -0.15) is 0 Å². The Morgan fingerprint density at radius 3 is 2.83 bits per heavy atom. The number of hydrogen-bond acceptors (Lipinski definition) is 3. The monoisotopic (exact) mass is 385 g/mol. The highest BCUT2D eigenvalue weighted by molar-refractivity contribution is 9.10. The summed E-state index contributed by atoms with van der Waals surface area (Å²) in [6, 6.07) is 16.8. The van der Waals surface area contributed by atoms with Gasteiger partial charge in [-0.1, -0.05) is 40.2 Å². The van der Waals surface area contributed by atoms with Crippen molar-refractivity contribution in [2.45, 2.75) is 0 Å². The van der Waals surface area contributed by atoms with E-state index in [0.29, 0.717) is 18.9 Å². The number of ether oxygens (including phenoxy) is 1. The van der Waals surface area contributed by atoms with Crippen LogP contribution in [0.4, 0.5) is 10.5 Å². The Bertz CT molecular complexity index is 849. The van der Waals surface area contributed by atoms with E-state index in [9.17, 15) is 4.79 Å². The molecule has 0 unspecified atom stereocenters. The van der Waals surface area contributed by atoms with E-state index in [-0.39, 0.29) is 6.03 Å². The molecule has 0 atom stereocenters. The number of anilines is 1.